The molecule has 2 aromatic rings. The molecule has 1 aromatic carbocycles. The van der Waals surface area contributed by atoms with Crippen molar-refractivity contribution in [1.29, 1.82) is 0 Å². The number of rotatable bonds is 6. The molecule has 0 atom stereocenters. The fraction of sp³-hybridized carbons (Fsp3) is 0.235. The SMILES string of the molecule is CCOc1cccc(C(=O)/C=C/c2csc(N(C)C(C)=O)n2)c1. The molecule has 0 saturated carbocycles. The number of thiazole rings is 1. The molecule has 120 valence electrons. The van der Waals surface area contributed by atoms with E-state index >= 15 is 0 Å². The van der Waals surface area contributed by atoms with Gasteiger partial charge in [0.25, 0.3) is 0 Å². The highest BCUT2D eigenvalue weighted by atomic mass is 32.1. The summed E-state index contributed by atoms with van der Waals surface area (Å²) in [6.45, 7) is 3.93. The molecule has 1 heterocycles. The molecule has 0 radical (unpaired) electrons. The van der Waals surface area contributed by atoms with Crippen LogP contribution in [0, 0.1) is 0 Å². The number of anilines is 1. The molecule has 0 aliphatic heterocycles. The number of carbonyl (C=O) groups is 2. The number of ether oxygens (including phenoxy) is 1. The Morgan fingerprint density at radius 1 is 1.39 bits per heavy atom. The van der Waals surface area contributed by atoms with Crippen LogP contribution in [0.25, 0.3) is 6.08 Å². The summed E-state index contributed by atoms with van der Waals surface area (Å²) < 4.78 is 5.39. The number of benzene rings is 1. The number of nitrogens with zero attached hydrogens (tertiary/aromatic N) is 2. The van der Waals surface area contributed by atoms with Crippen molar-refractivity contribution < 1.29 is 14.3 Å². The Bertz CT molecular complexity index is 737. The Morgan fingerprint density at radius 3 is 2.87 bits per heavy atom. The standard InChI is InChI=1S/C17H18N2O3S/c1-4-22-15-7-5-6-13(10-15)16(21)9-8-14-11-23-17(18-14)19(3)12(2)20/h5-11H,4H2,1-3H3/b9-8+. The summed E-state index contributed by atoms with van der Waals surface area (Å²) in [7, 11) is 1.67. The monoisotopic (exact) mass is 330 g/mol. The highest BCUT2D eigenvalue weighted by molar-refractivity contribution is 7.14. The number of hydrogen-bond donors (Lipinski definition) is 0. The second kappa shape index (κ2) is 7.69. The molecular formula is C17H18N2O3S. The Labute approximate surface area is 139 Å². The predicted octanol–water partition coefficient (Wildman–Crippen LogP) is 3.42. The summed E-state index contributed by atoms with van der Waals surface area (Å²) in [5.74, 6) is 0.463. The smallest absolute Gasteiger partial charge is 0.225 e. The lowest BCUT2D eigenvalue weighted by Gasteiger charge is -2.09. The quantitative estimate of drug-likeness (QED) is 0.601. The fourth-order valence-corrected chi connectivity index (χ4v) is 2.61. The lowest BCUT2D eigenvalue weighted by atomic mass is 10.1. The van der Waals surface area contributed by atoms with E-state index in [0.717, 1.165) is 0 Å². The van der Waals surface area contributed by atoms with Crippen molar-refractivity contribution in [3.63, 3.8) is 0 Å². The highest BCUT2D eigenvalue weighted by Crippen LogP contribution is 2.20. The van der Waals surface area contributed by atoms with Gasteiger partial charge in [-0.1, -0.05) is 12.1 Å². The van der Waals surface area contributed by atoms with Crippen LogP contribution in [0.3, 0.4) is 0 Å². The Kier molecular flexibility index (Phi) is 5.65. The third-order valence-corrected chi connectivity index (χ3v) is 4.04. The van der Waals surface area contributed by atoms with E-state index in [-0.39, 0.29) is 11.7 Å². The van der Waals surface area contributed by atoms with E-state index in [0.29, 0.717) is 28.7 Å². The van der Waals surface area contributed by atoms with Gasteiger partial charge in [-0.15, -0.1) is 11.3 Å². The van der Waals surface area contributed by atoms with E-state index in [1.165, 1.54) is 29.2 Å². The Balaban J connectivity index is 2.09. The van der Waals surface area contributed by atoms with Gasteiger partial charge in [-0.25, -0.2) is 4.98 Å². The number of aromatic nitrogens is 1. The van der Waals surface area contributed by atoms with Crippen LogP contribution < -0.4 is 9.64 Å². The average Bonchev–Trinajstić information content (AvgIpc) is 3.01. The second-order valence-corrected chi connectivity index (χ2v) is 5.63. The molecular weight excluding hydrogens is 312 g/mol. The molecule has 0 unspecified atom stereocenters. The predicted molar refractivity (Wildman–Crippen MR) is 92.2 cm³/mol. The third-order valence-electron chi connectivity index (χ3n) is 3.10. The lowest BCUT2D eigenvalue weighted by molar-refractivity contribution is -0.116. The van der Waals surface area contributed by atoms with Gasteiger partial charge >= 0.3 is 0 Å². The van der Waals surface area contributed by atoms with Crippen molar-refractivity contribution in [2.24, 2.45) is 0 Å². The Morgan fingerprint density at radius 2 is 2.17 bits per heavy atom. The van der Waals surface area contributed by atoms with Crippen LogP contribution in [0.4, 0.5) is 5.13 Å². The van der Waals surface area contributed by atoms with E-state index in [1.807, 2.05) is 13.0 Å². The molecule has 0 fully saturated rings. The zero-order valence-electron chi connectivity index (χ0n) is 13.3. The first-order valence-electron chi connectivity index (χ1n) is 7.16. The largest absolute Gasteiger partial charge is 0.494 e. The van der Waals surface area contributed by atoms with Gasteiger partial charge in [0.2, 0.25) is 5.91 Å². The molecule has 0 aliphatic rings. The maximum Gasteiger partial charge on any atom is 0.225 e. The van der Waals surface area contributed by atoms with Crippen molar-refractivity contribution in [1.82, 2.24) is 4.98 Å². The molecule has 1 amide bonds. The summed E-state index contributed by atoms with van der Waals surface area (Å²) in [5, 5.41) is 2.40. The maximum absolute atomic E-state index is 12.2. The van der Waals surface area contributed by atoms with Crippen LogP contribution in [-0.2, 0) is 4.79 Å². The van der Waals surface area contributed by atoms with Crippen molar-refractivity contribution in [3.05, 3.63) is 47.0 Å². The number of ketones is 1. The van der Waals surface area contributed by atoms with E-state index in [4.69, 9.17) is 4.74 Å². The van der Waals surface area contributed by atoms with Crippen molar-refractivity contribution in [3.8, 4) is 5.75 Å². The third kappa shape index (κ3) is 4.50. The lowest BCUT2D eigenvalue weighted by Crippen LogP contribution is -2.22. The van der Waals surface area contributed by atoms with Gasteiger partial charge in [0.1, 0.15) is 5.75 Å². The molecule has 0 N–H and O–H groups in total. The van der Waals surface area contributed by atoms with Gasteiger partial charge in [0.15, 0.2) is 10.9 Å². The second-order valence-electron chi connectivity index (χ2n) is 4.79. The molecule has 0 saturated heterocycles. The minimum Gasteiger partial charge on any atom is -0.494 e. The number of hydrogen-bond acceptors (Lipinski definition) is 5. The zero-order valence-corrected chi connectivity index (χ0v) is 14.1. The first kappa shape index (κ1) is 16.9. The number of allylic oxidation sites excluding steroid dienone is 1. The van der Waals surface area contributed by atoms with Crippen LogP contribution >= 0.6 is 11.3 Å². The average molecular weight is 330 g/mol. The van der Waals surface area contributed by atoms with Crippen LogP contribution in [-0.4, -0.2) is 30.3 Å². The van der Waals surface area contributed by atoms with E-state index in [2.05, 4.69) is 4.98 Å². The van der Waals surface area contributed by atoms with Gasteiger partial charge in [-0.05, 0) is 31.2 Å². The van der Waals surface area contributed by atoms with E-state index in [9.17, 15) is 9.59 Å². The topological polar surface area (TPSA) is 59.5 Å². The maximum atomic E-state index is 12.2. The van der Waals surface area contributed by atoms with Crippen LogP contribution in [0.2, 0.25) is 0 Å². The first-order chi connectivity index (χ1) is 11.0. The summed E-state index contributed by atoms with van der Waals surface area (Å²) in [6, 6.07) is 7.06. The molecule has 5 nitrogen and oxygen atoms in total. The molecule has 1 aromatic heterocycles. The van der Waals surface area contributed by atoms with Gasteiger partial charge < -0.3 is 4.74 Å². The fourth-order valence-electron chi connectivity index (χ4n) is 1.80. The molecule has 0 spiro atoms. The Hall–Kier alpha value is -2.47. The zero-order chi connectivity index (χ0) is 16.8. The van der Waals surface area contributed by atoms with Crippen LogP contribution in [0.1, 0.15) is 29.9 Å². The van der Waals surface area contributed by atoms with Gasteiger partial charge in [0.05, 0.1) is 12.3 Å². The minimum absolute atomic E-state index is 0.0845. The molecule has 0 bridgehead atoms. The minimum atomic E-state index is -0.124. The molecule has 6 heteroatoms. The van der Waals surface area contributed by atoms with Gasteiger partial charge in [-0.2, -0.15) is 0 Å². The van der Waals surface area contributed by atoms with Crippen molar-refractivity contribution >= 4 is 34.2 Å². The summed E-state index contributed by atoms with van der Waals surface area (Å²) >= 11 is 1.35. The van der Waals surface area contributed by atoms with Gasteiger partial charge in [0, 0.05) is 24.9 Å². The molecule has 0 aliphatic carbocycles. The van der Waals surface area contributed by atoms with E-state index in [1.54, 1.807) is 36.7 Å². The molecule has 2 rings (SSSR count). The van der Waals surface area contributed by atoms with Crippen LogP contribution in [0.5, 0.6) is 5.75 Å². The summed E-state index contributed by atoms with van der Waals surface area (Å²) in [6.07, 6.45) is 3.11. The highest BCUT2D eigenvalue weighted by Gasteiger charge is 2.09. The summed E-state index contributed by atoms with van der Waals surface area (Å²) in [4.78, 5) is 29.3. The van der Waals surface area contributed by atoms with E-state index < -0.39 is 0 Å². The normalized spacial score (nSPS) is 10.7. The van der Waals surface area contributed by atoms with Crippen molar-refractivity contribution in [2.75, 3.05) is 18.6 Å². The van der Waals surface area contributed by atoms with Crippen LogP contribution in [0.15, 0.2) is 35.7 Å². The summed E-state index contributed by atoms with van der Waals surface area (Å²) in [5.41, 5.74) is 1.20. The van der Waals surface area contributed by atoms with Crippen molar-refractivity contribution in [2.45, 2.75) is 13.8 Å². The number of amides is 1. The van der Waals surface area contributed by atoms with Gasteiger partial charge in [-0.3, -0.25) is 14.5 Å². The number of carbonyl (C=O) groups excluding carboxylic acids is 2. The molecule has 23 heavy (non-hydrogen) atoms. The first-order valence-corrected chi connectivity index (χ1v) is 8.04.